The summed E-state index contributed by atoms with van der Waals surface area (Å²) in [5.41, 5.74) is 0. The van der Waals surface area contributed by atoms with Crippen LogP contribution in [0.2, 0.25) is 0 Å². The lowest BCUT2D eigenvalue weighted by atomic mass is 9.86. The third-order valence-electron chi connectivity index (χ3n) is 5.03. The molecule has 0 heterocycles. The number of fused-ring (bicyclic) bond motifs is 5. The van der Waals surface area contributed by atoms with Crippen molar-refractivity contribution in [2.45, 2.75) is 25.7 Å². The summed E-state index contributed by atoms with van der Waals surface area (Å²) in [6.45, 7) is 0. The maximum Gasteiger partial charge on any atom is -0.0197 e. The molecule has 0 aromatic heterocycles. The molecule has 4 aliphatic rings. The van der Waals surface area contributed by atoms with E-state index in [1.807, 2.05) is 0 Å². The van der Waals surface area contributed by atoms with Gasteiger partial charge in [-0.3, -0.25) is 0 Å². The normalized spacial score (nSPS) is 64.7. The molecule has 6 atom stereocenters. The largest absolute Gasteiger partial charge is 0.0879 e. The molecule has 0 nitrogen and oxygen atoms in total. The zero-order chi connectivity index (χ0) is 7.71. The molecule has 0 amide bonds. The van der Waals surface area contributed by atoms with Crippen LogP contribution < -0.4 is 0 Å². The Morgan fingerprint density at radius 3 is 2.92 bits per heavy atom. The number of hydrogen-bond donors (Lipinski definition) is 0. The summed E-state index contributed by atoms with van der Waals surface area (Å²) in [5.74, 6) is 6.85. The van der Waals surface area contributed by atoms with Crippen LogP contribution in [0, 0.1) is 35.5 Å². The molecular formula is C12H16. The van der Waals surface area contributed by atoms with E-state index in [-0.39, 0.29) is 0 Å². The first-order valence-corrected chi connectivity index (χ1v) is 5.60. The lowest BCUT2D eigenvalue weighted by molar-refractivity contribution is 0.304. The van der Waals surface area contributed by atoms with Crippen molar-refractivity contribution in [2.75, 3.05) is 0 Å². The Hall–Kier alpha value is -0.260. The van der Waals surface area contributed by atoms with Gasteiger partial charge in [0.2, 0.25) is 0 Å². The van der Waals surface area contributed by atoms with Crippen LogP contribution in [0.15, 0.2) is 12.2 Å². The second kappa shape index (κ2) is 1.81. The first-order valence-electron chi connectivity index (χ1n) is 5.60. The summed E-state index contributed by atoms with van der Waals surface area (Å²) in [4.78, 5) is 0. The highest BCUT2D eigenvalue weighted by atomic mass is 14.6. The van der Waals surface area contributed by atoms with Crippen molar-refractivity contribution in [1.82, 2.24) is 0 Å². The fraction of sp³-hybridized carbons (Fsp3) is 0.833. The Kier molecular flexibility index (Phi) is 0.939. The molecule has 4 rings (SSSR count). The van der Waals surface area contributed by atoms with Crippen LogP contribution in [-0.2, 0) is 0 Å². The molecule has 0 heteroatoms. The quantitative estimate of drug-likeness (QED) is 0.478. The van der Waals surface area contributed by atoms with Crippen LogP contribution >= 0.6 is 0 Å². The molecule has 0 aliphatic heterocycles. The van der Waals surface area contributed by atoms with E-state index in [1.54, 1.807) is 19.3 Å². The highest BCUT2D eigenvalue weighted by molar-refractivity contribution is 5.16. The molecule has 4 aliphatic carbocycles. The fourth-order valence-corrected chi connectivity index (χ4v) is 4.60. The minimum absolute atomic E-state index is 1.02. The van der Waals surface area contributed by atoms with E-state index in [0.29, 0.717) is 0 Å². The van der Waals surface area contributed by atoms with Crippen LogP contribution in [0.3, 0.4) is 0 Å². The lowest BCUT2D eigenvalue weighted by Crippen LogP contribution is -2.13. The average molecular weight is 160 g/mol. The number of rotatable bonds is 0. The van der Waals surface area contributed by atoms with E-state index in [9.17, 15) is 0 Å². The lowest BCUT2D eigenvalue weighted by Gasteiger charge is -2.18. The average Bonchev–Trinajstić information content (AvgIpc) is 2.44. The van der Waals surface area contributed by atoms with E-state index < -0.39 is 0 Å². The second-order valence-electron chi connectivity index (χ2n) is 5.46. The zero-order valence-corrected chi connectivity index (χ0v) is 7.45. The highest BCUT2D eigenvalue weighted by Crippen LogP contribution is 2.67. The van der Waals surface area contributed by atoms with Gasteiger partial charge in [-0.05, 0) is 61.2 Å². The standard InChI is InChI=1S/C12H16/c1-2-7-4-9-5-8-6-11(8)12(9)10(7)3-1/h1-2,7-12H,3-6H2. The molecular weight excluding hydrogens is 144 g/mol. The Morgan fingerprint density at radius 1 is 0.917 bits per heavy atom. The number of allylic oxidation sites excluding steroid dienone is 2. The van der Waals surface area contributed by atoms with Gasteiger partial charge in [-0.25, -0.2) is 0 Å². The first kappa shape index (κ1) is 6.23. The van der Waals surface area contributed by atoms with Crippen molar-refractivity contribution >= 4 is 0 Å². The summed E-state index contributed by atoms with van der Waals surface area (Å²) < 4.78 is 0. The molecule has 0 spiro atoms. The minimum atomic E-state index is 1.02. The molecule has 0 N–H and O–H groups in total. The van der Waals surface area contributed by atoms with Crippen molar-refractivity contribution in [2.24, 2.45) is 35.5 Å². The van der Waals surface area contributed by atoms with Gasteiger partial charge >= 0.3 is 0 Å². The van der Waals surface area contributed by atoms with Gasteiger partial charge in [-0.15, -0.1) is 0 Å². The van der Waals surface area contributed by atoms with E-state index in [4.69, 9.17) is 0 Å². The van der Waals surface area contributed by atoms with E-state index in [1.165, 1.54) is 24.2 Å². The monoisotopic (exact) mass is 160 g/mol. The van der Waals surface area contributed by atoms with Gasteiger partial charge in [0.05, 0.1) is 0 Å². The summed E-state index contributed by atoms with van der Waals surface area (Å²) in [6.07, 6.45) is 11.1. The molecule has 0 radical (unpaired) electrons. The van der Waals surface area contributed by atoms with Crippen LogP contribution in [0.4, 0.5) is 0 Å². The van der Waals surface area contributed by atoms with Gasteiger partial charge in [-0.2, -0.15) is 0 Å². The third-order valence-corrected chi connectivity index (χ3v) is 5.03. The SMILES string of the molecule is C1=CC2CC3CC4CC4C3C2C1. The predicted octanol–water partition coefficient (Wildman–Crippen LogP) is 2.85. The molecule has 12 heavy (non-hydrogen) atoms. The molecule has 0 bridgehead atoms. The van der Waals surface area contributed by atoms with Gasteiger partial charge in [-0.1, -0.05) is 12.2 Å². The van der Waals surface area contributed by atoms with Crippen LogP contribution in [0.1, 0.15) is 25.7 Å². The molecule has 3 saturated carbocycles. The van der Waals surface area contributed by atoms with Crippen LogP contribution in [0.5, 0.6) is 0 Å². The van der Waals surface area contributed by atoms with Crippen LogP contribution in [0.25, 0.3) is 0 Å². The maximum atomic E-state index is 2.51. The van der Waals surface area contributed by atoms with Crippen molar-refractivity contribution in [3.8, 4) is 0 Å². The van der Waals surface area contributed by atoms with E-state index in [2.05, 4.69) is 12.2 Å². The minimum Gasteiger partial charge on any atom is -0.0879 e. The van der Waals surface area contributed by atoms with Crippen molar-refractivity contribution in [3.63, 3.8) is 0 Å². The van der Waals surface area contributed by atoms with Gasteiger partial charge in [0.15, 0.2) is 0 Å². The Balaban J connectivity index is 1.71. The van der Waals surface area contributed by atoms with Crippen LogP contribution in [-0.4, -0.2) is 0 Å². The predicted molar refractivity (Wildman–Crippen MR) is 48.5 cm³/mol. The summed E-state index contributed by atoms with van der Waals surface area (Å²) in [5, 5.41) is 0. The fourth-order valence-electron chi connectivity index (χ4n) is 4.60. The molecule has 0 aromatic carbocycles. The summed E-state index contributed by atoms with van der Waals surface area (Å²) in [7, 11) is 0. The first-order chi connectivity index (χ1) is 5.93. The molecule has 0 aromatic rings. The Morgan fingerprint density at radius 2 is 1.92 bits per heavy atom. The zero-order valence-electron chi connectivity index (χ0n) is 7.45. The Labute approximate surface area is 74.0 Å². The Bertz CT molecular complexity index is 253. The van der Waals surface area contributed by atoms with Crippen molar-refractivity contribution in [3.05, 3.63) is 12.2 Å². The molecule has 64 valence electrons. The molecule has 3 fully saturated rings. The second-order valence-corrected chi connectivity index (χ2v) is 5.46. The van der Waals surface area contributed by atoms with Gasteiger partial charge in [0, 0.05) is 0 Å². The summed E-state index contributed by atoms with van der Waals surface area (Å²) >= 11 is 0. The molecule has 0 saturated heterocycles. The number of hydrogen-bond acceptors (Lipinski definition) is 0. The summed E-state index contributed by atoms with van der Waals surface area (Å²) in [6, 6.07) is 0. The molecule has 6 unspecified atom stereocenters. The van der Waals surface area contributed by atoms with Crippen molar-refractivity contribution in [1.29, 1.82) is 0 Å². The topological polar surface area (TPSA) is 0 Å². The van der Waals surface area contributed by atoms with Gasteiger partial charge in [0.25, 0.3) is 0 Å². The highest BCUT2D eigenvalue weighted by Gasteiger charge is 2.59. The van der Waals surface area contributed by atoms with Crippen molar-refractivity contribution < 1.29 is 0 Å². The van der Waals surface area contributed by atoms with E-state index >= 15 is 0 Å². The van der Waals surface area contributed by atoms with Gasteiger partial charge in [0.1, 0.15) is 0 Å². The van der Waals surface area contributed by atoms with E-state index in [0.717, 1.165) is 17.8 Å². The smallest absolute Gasteiger partial charge is 0.0197 e. The maximum absolute atomic E-state index is 2.51. The van der Waals surface area contributed by atoms with Gasteiger partial charge < -0.3 is 0 Å². The third kappa shape index (κ3) is 0.582.